The van der Waals surface area contributed by atoms with Gasteiger partial charge < -0.3 is 15.1 Å². The van der Waals surface area contributed by atoms with Gasteiger partial charge in [-0.15, -0.1) is 0 Å². The van der Waals surface area contributed by atoms with Crippen molar-refractivity contribution in [2.45, 2.75) is 26.3 Å². The summed E-state index contributed by atoms with van der Waals surface area (Å²) < 4.78 is 5.17. The zero-order valence-corrected chi connectivity index (χ0v) is 12.4. The first-order valence-corrected chi connectivity index (χ1v) is 7.29. The van der Waals surface area contributed by atoms with Crippen LogP contribution < -0.4 is 10.6 Å². The second-order valence-corrected chi connectivity index (χ2v) is 5.66. The summed E-state index contributed by atoms with van der Waals surface area (Å²) in [7, 11) is 0. The summed E-state index contributed by atoms with van der Waals surface area (Å²) in [4.78, 5) is 24.7. The minimum absolute atomic E-state index is 0.242. The molecule has 0 aliphatic heterocycles. The van der Waals surface area contributed by atoms with Gasteiger partial charge in [-0.1, -0.05) is 17.7 Å². The highest BCUT2D eigenvalue weighted by Gasteiger charge is 2.56. The van der Waals surface area contributed by atoms with Crippen LogP contribution >= 0.6 is 0 Å². The minimum atomic E-state index is -0.933. The summed E-state index contributed by atoms with van der Waals surface area (Å²) in [5, 5.41) is 5.59. The lowest BCUT2D eigenvalue weighted by atomic mass is 10.0. The Morgan fingerprint density at radius 3 is 2.45 bits per heavy atom. The molecule has 0 bridgehead atoms. The highest BCUT2D eigenvalue weighted by Crippen LogP contribution is 2.46. The van der Waals surface area contributed by atoms with E-state index in [9.17, 15) is 9.59 Å². The number of aryl methyl sites for hydroxylation is 1. The van der Waals surface area contributed by atoms with E-state index < -0.39 is 5.41 Å². The first-order chi connectivity index (χ1) is 10.6. The molecule has 1 fully saturated rings. The lowest BCUT2D eigenvalue weighted by molar-refractivity contribution is -0.134. The average molecular weight is 298 g/mol. The Balaban J connectivity index is 1.61. The number of carbonyl (C=O) groups is 2. The summed E-state index contributed by atoms with van der Waals surface area (Å²) >= 11 is 0. The fourth-order valence-corrected chi connectivity index (χ4v) is 2.32. The summed E-state index contributed by atoms with van der Waals surface area (Å²) in [6.07, 6.45) is 2.71. The average Bonchev–Trinajstić information content (AvgIpc) is 3.17. The molecule has 5 nitrogen and oxygen atoms in total. The maximum atomic E-state index is 12.4. The molecule has 1 heterocycles. The molecule has 0 radical (unpaired) electrons. The molecule has 1 aromatic carbocycles. The van der Waals surface area contributed by atoms with Gasteiger partial charge in [0.25, 0.3) is 0 Å². The maximum absolute atomic E-state index is 12.4. The third kappa shape index (κ3) is 2.88. The first kappa shape index (κ1) is 14.4. The van der Waals surface area contributed by atoms with Crippen LogP contribution in [0.25, 0.3) is 0 Å². The van der Waals surface area contributed by atoms with Crippen LogP contribution in [-0.4, -0.2) is 11.8 Å². The summed E-state index contributed by atoms with van der Waals surface area (Å²) in [5.41, 5.74) is 0.897. The summed E-state index contributed by atoms with van der Waals surface area (Å²) in [6, 6.07) is 11.1. The Labute approximate surface area is 128 Å². The highest BCUT2D eigenvalue weighted by atomic mass is 16.3. The van der Waals surface area contributed by atoms with Gasteiger partial charge in [0.1, 0.15) is 11.2 Å². The standard InChI is InChI=1S/C17H18N2O3/c1-12-4-6-13(7-5-12)19-16(21)17(8-9-17)15(20)18-11-14-3-2-10-22-14/h2-7,10H,8-9,11H2,1H3,(H,18,20)(H,19,21). The van der Waals surface area contributed by atoms with Crippen molar-refractivity contribution in [3.05, 3.63) is 54.0 Å². The van der Waals surface area contributed by atoms with Crippen LogP contribution in [0.1, 0.15) is 24.2 Å². The van der Waals surface area contributed by atoms with Crippen molar-refractivity contribution in [2.24, 2.45) is 5.41 Å². The van der Waals surface area contributed by atoms with E-state index in [4.69, 9.17) is 4.42 Å². The Morgan fingerprint density at radius 2 is 1.86 bits per heavy atom. The van der Waals surface area contributed by atoms with Gasteiger partial charge in [0.05, 0.1) is 12.8 Å². The van der Waals surface area contributed by atoms with E-state index in [0.717, 1.165) is 5.56 Å². The number of furan rings is 1. The highest BCUT2D eigenvalue weighted by molar-refractivity contribution is 6.13. The zero-order valence-electron chi connectivity index (χ0n) is 12.4. The number of nitrogens with one attached hydrogen (secondary N) is 2. The lowest BCUT2D eigenvalue weighted by Crippen LogP contribution is -2.39. The number of anilines is 1. The van der Waals surface area contributed by atoms with E-state index in [1.165, 1.54) is 0 Å². The van der Waals surface area contributed by atoms with E-state index >= 15 is 0 Å². The number of hydrogen-bond acceptors (Lipinski definition) is 3. The predicted molar refractivity (Wildman–Crippen MR) is 82.0 cm³/mol. The van der Waals surface area contributed by atoms with Crippen molar-refractivity contribution in [1.29, 1.82) is 0 Å². The van der Waals surface area contributed by atoms with E-state index in [2.05, 4.69) is 10.6 Å². The molecule has 0 unspecified atom stereocenters. The molecule has 114 valence electrons. The van der Waals surface area contributed by atoms with Gasteiger partial charge in [0.2, 0.25) is 11.8 Å². The molecule has 3 rings (SSSR count). The molecular formula is C17H18N2O3. The molecule has 0 spiro atoms. The fraction of sp³-hybridized carbons (Fsp3) is 0.294. The van der Waals surface area contributed by atoms with Crippen molar-refractivity contribution in [2.75, 3.05) is 5.32 Å². The topological polar surface area (TPSA) is 71.3 Å². The first-order valence-electron chi connectivity index (χ1n) is 7.29. The van der Waals surface area contributed by atoms with Crippen LogP contribution in [0.4, 0.5) is 5.69 Å². The normalized spacial score (nSPS) is 15.1. The van der Waals surface area contributed by atoms with Crippen LogP contribution in [0.3, 0.4) is 0 Å². The molecule has 2 aromatic rings. The van der Waals surface area contributed by atoms with Gasteiger partial charge in [0.15, 0.2) is 0 Å². The molecule has 5 heteroatoms. The van der Waals surface area contributed by atoms with Crippen LogP contribution in [0, 0.1) is 12.3 Å². The Hall–Kier alpha value is -2.56. The molecule has 1 aromatic heterocycles. The molecule has 22 heavy (non-hydrogen) atoms. The van der Waals surface area contributed by atoms with Crippen molar-refractivity contribution in [1.82, 2.24) is 5.32 Å². The predicted octanol–water partition coefficient (Wildman–Crippen LogP) is 2.62. The van der Waals surface area contributed by atoms with Crippen molar-refractivity contribution in [3.8, 4) is 0 Å². The molecular weight excluding hydrogens is 280 g/mol. The van der Waals surface area contributed by atoms with Crippen molar-refractivity contribution < 1.29 is 14.0 Å². The van der Waals surface area contributed by atoms with Gasteiger partial charge in [-0.3, -0.25) is 9.59 Å². The molecule has 1 aliphatic rings. The minimum Gasteiger partial charge on any atom is -0.467 e. The molecule has 0 saturated heterocycles. The number of benzene rings is 1. The van der Waals surface area contributed by atoms with Crippen LogP contribution in [0.2, 0.25) is 0 Å². The van der Waals surface area contributed by atoms with E-state index in [1.54, 1.807) is 18.4 Å². The molecule has 2 amide bonds. The van der Waals surface area contributed by atoms with E-state index in [1.807, 2.05) is 31.2 Å². The monoisotopic (exact) mass is 298 g/mol. The smallest absolute Gasteiger partial charge is 0.240 e. The van der Waals surface area contributed by atoms with Gasteiger partial charge in [-0.2, -0.15) is 0 Å². The van der Waals surface area contributed by atoms with Gasteiger partial charge in [-0.25, -0.2) is 0 Å². The Morgan fingerprint density at radius 1 is 1.14 bits per heavy atom. The van der Waals surface area contributed by atoms with Gasteiger partial charge in [0, 0.05) is 5.69 Å². The zero-order chi connectivity index (χ0) is 15.6. The number of rotatable bonds is 5. The summed E-state index contributed by atoms with van der Waals surface area (Å²) in [6.45, 7) is 2.28. The second kappa shape index (κ2) is 5.67. The molecule has 0 atom stereocenters. The quantitative estimate of drug-likeness (QED) is 0.834. The SMILES string of the molecule is Cc1ccc(NC(=O)C2(C(=O)NCc3ccco3)CC2)cc1. The van der Waals surface area contributed by atoms with Gasteiger partial charge in [-0.05, 0) is 44.0 Å². The maximum Gasteiger partial charge on any atom is 0.240 e. The van der Waals surface area contributed by atoms with E-state index in [-0.39, 0.29) is 11.8 Å². The molecule has 2 N–H and O–H groups in total. The number of amides is 2. The number of hydrogen-bond donors (Lipinski definition) is 2. The Bertz CT molecular complexity index is 670. The summed E-state index contributed by atoms with van der Waals surface area (Å²) in [5.74, 6) is 0.185. The van der Waals surface area contributed by atoms with Crippen molar-refractivity contribution >= 4 is 17.5 Å². The van der Waals surface area contributed by atoms with Gasteiger partial charge >= 0.3 is 0 Å². The van der Waals surface area contributed by atoms with Crippen LogP contribution in [-0.2, 0) is 16.1 Å². The van der Waals surface area contributed by atoms with Crippen LogP contribution in [0.15, 0.2) is 47.1 Å². The number of carbonyl (C=O) groups excluding carboxylic acids is 2. The fourth-order valence-electron chi connectivity index (χ4n) is 2.32. The lowest BCUT2D eigenvalue weighted by Gasteiger charge is -2.15. The van der Waals surface area contributed by atoms with E-state index in [0.29, 0.717) is 30.8 Å². The third-order valence-corrected chi connectivity index (χ3v) is 3.93. The molecule has 1 saturated carbocycles. The Kier molecular flexibility index (Phi) is 3.71. The van der Waals surface area contributed by atoms with Crippen LogP contribution in [0.5, 0.6) is 0 Å². The molecule has 1 aliphatic carbocycles. The largest absolute Gasteiger partial charge is 0.467 e. The third-order valence-electron chi connectivity index (χ3n) is 3.93. The second-order valence-electron chi connectivity index (χ2n) is 5.66. The van der Waals surface area contributed by atoms with Crippen molar-refractivity contribution in [3.63, 3.8) is 0 Å².